The van der Waals surface area contributed by atoms with Crippen LogP contribution in [0.3, 0.4) is 0 Å². The molecule has 0 spiro atoms. The molecule has 0 aliphatic carbocycles. The first-order valence-corrected chi connectivity index (χ1v) is 8.76. The zero-order valence-electron chi connectivity index (χ0n) is 13.7. The fraction of sp³-hybridized carbons (Fsp3) is 0.278. The summed E-state index contributed by atoms with van der Waals surface area (Å²) in [6.45, 7) is 3.10. The van der Waals surface area contributed by atoms with E-state index in [1.165, 1.54) is 0 Å². The van der Waals surface area contributed by atoms with E-state index in [0.29, 0.717) is 29.0 Å². The molecule has 5 nitrogen and oxygen atoms in total. The first kappa shape index (κ1) is 16.5. The molecule has 3 aromatic rings. The van der Waals surface area contributed by atoms with Gasteiger partial charge in [-0.2, -0.15) is 0 Å². The number of rotatable bonds is 3. The summed E-state index contributed by atoms with van der Waals surface area (Å²) in [4.78, 5) is 6.80. The van der Waals surface area contributed by atoms with Gasteiger partial charge in [-0.25, -0.2) is 4.98 Å². The smallest absolute Gasteiger partial charge is 0.181 e. The molecular formula is C18H17Cl2N3O2. The lowest BCUT2D eigenvalue weighted by molar-refractivity contribution is 0.122. The number of benzene rings is 1. The van der Waals surface area contributed by atoms with Crippen molar-refractivity contribution in [1.29, 1.82) is 0 Å². The van der Waals surface area contributed by atoms with Gasteiger partial charge in [-0.3, -0.25) is 4.40 Å². The molecular weight excluding hydrogens is 361 g/mol. The van der Waals surface area contributed by atoms with Crippen LogP contribution in [0.2, 0.25) is 10.0 Å². The second-order valence-electron chi connectivity index (χ2n) is 5.83. The van der Waals surface area contributed by atoms with Gasteiger partial charge in [-0.1, -0.05) is 29.3 Å². The summed E-state index contributed by atoms with van der Waals surface area (Å²) in [5.74, 6) is 1.71. The summed E-state index contributed by atoms with van der Waals surface area (Å²) < 4.78 is 13.1. The van der Waals surface area contributed by atoms with E-state index in [0.717, 1.165) is 35.7 Å². The molecule has 2 aromatic heterocycles. The van der Waals surface area contributed by atoms with E-state index in [9.17, 15) is 0 Å². The summed E-state index contributed by atoms with van der Waals surface area (Å²) in [6, 6.07) is 7.43. The predicted octanol–water partition coefficient (Wildman–Crippen LogP) is 4.15. The minimum Gasteiger partial charge on any atom is -0.493 e. The van der Waals surface area contributed by atoms with Crippen LogP contribution in [0.4, 0.5) is 5.82 Å². The first-order chi connectivity index (χ1) is 12.2. The predicted molar refractivity (Wildman–Crippen MR) is 100 cm³/mol. The highest BCUT2D eigenvalue weighted by Crippen LogP contribution is 2.35. The van der Waals surface area contributed by atoms with Crippen molar-refractivity contribution in [2.24, 2.45) is 0 Å². The van der Waals surface area contributed by atoms with E-state index in [4.69, 9.17) is 32.7 Å². The van der Waals surface area contributed by atoms with E-state index in [1.54, 1.807) is 13.2 Å². The monoisotopic (exact) mass is 377 g/mol. The Labute approximate surface area is 155 Å². The Kier molecular flexibility index (Phi) is 4.46. The Balaban J connectivity index is 1.88. The van der Waals surface area contributed by atoms with E-state index < -0.39 is 0 Å². The van der Waals surface area contributed by atoms with Crippen molar-refractivity contribution < 1.29 is 9.47 Å². The lowest BCUT2D eigenvalue weighted by Crippen LogP contribution is -2.36. The van der Waals surface area contributed by atoms with Crippen molar-refractivity contribution >= 4 is 34.7 Å². The van der Waals surface area contributed by atoms with E-state index in [-0.39, 0.29) is 0 Å². The number of nitrogens with zero attached hydrogens (tertiary/aromatic N) is 3. The normalized spacial score (nSPS) is 14.9. The number of fused-ring (bicyclic) bond motifs is 1. The van der Waals surface area contributed by atoms with Gasteiger partial charge >= 0.3 is 0 Å². The van der Waals surface area contributed by atoms with Crippen LogP contribution in [0.15, 0.2) is 36.7 Å². The van der Waals surface area contributed by atoms with Crippen molar-refractivity contribution in [1.82, 2.24) is 9.38 Å². The summed E-state index contributed by atoms with van der Waals surface area (Å²) in [5.41, 5.74) is 2.62. The van der Waals surface area contributed by atoms with Crippen LogP contribution in [0, 0.1) is 0 Å². The van der Waals surface area contributed by atoms with Crippen molar-refractivity contribution in [3.05, 3.63) is 46.7 Å². The van der Waals surface area contributed by atoms with Crippen molar-refractivity contribution in [2.45, 2.75) is 0 Å². The Hall–Kier alpha value is -1.95. The number of anilines is 1. The Morgan fingerprint density at radius 1 is 1.16 bits per heavy atom. The van der Waals surface area contributed by atoms with Gasteiger partial charge < -0.3 is 14.4 Å². The molecule has 1 fully saturated rings. The lowest BCUT2D eigenvalue weighted by Gasteiger charge is -2.28. The Bertz CT molecular complexity index is 920. The molecule has 130 valence electrons. The maximum atomic E-state index is 6.40. The van der Waals surface area contributed by atoms with Crippen LogP contribution in [0.1, 0.15) is 0 Å². The average Bonchev–Trinajstić information content (AvgIpc) is 3.05. The van der Waals surface area contributed by atoms with Crippen LogP contribution >= 0.6 is 23.2 Å². The average molecular weight is 378 g/mol. The number of morpholine rings is 1. The first-order valence-electron chi connectivity index (χ1n) is 8.00. The van der Waals surface area contributed by atoms with Crippen LogP contribution in [-0.2, 0) is 4.74 Å². The summed E-state index contributed by atoms with van der Waals surface area (Å²) in [6.07, 6.45) is 3.90. The quantitative estimate of drug-likeness (QED) is 0.686. The molecule has 1 saturated heterocycles. The van der Waals surface area contributed by atoms with Crippen LogP contribution in [-0.4, -0.2) is 42.8 Å². The van der Waals surface area contributed by atoms with Crippen LogP contribution in [0.5, 0.6) is 5.75 Å². The molecule has 25 heavy (non-hydrogen) atoms. The largest absolute Gasteiger partial charge is 0.493 e. The number of aromatic nitrogens is 2. The number of hydrogen-bond donors (Lipinski definition) is 0. The fourth-order valence-electron chi connectivity index (χ4n) is 3.09. The number of ether oxygens (including phenoxy) is 2. The summed E-state index contributed by atoms with van der Waals surface area (Å²) in [5, 5.41) is 1.21. The highest BCUT2D eigenvalue weighted by atomic mass is 35.5. The fourth-order valence-corrected chi connectivity index (χ4v) is 3.61. The Morgan fingerprint density at radius 2 is 1.96 bits per heavy atom. The molecule has 0 amide bonds. The van der Waals surface area contributed by atoms with Crippen molar-refractivity contribution in [3.63, 3.8) is 0 Å². The summed E-state index contributed by atoms with van der Waals surface area (Å²) in [7, 11) is 1.64. The van der Waals surface area contributed by atoms with E-state index >= 15 is 0 Å². The van der Waals surface area contributed by atoms with Gasteiger partial charge in [-0.15, -0.1) is 0 Å². The molecule has 3 heterocycles. The molecule has 1 aromatic carbocycles. The molecule has 1 aliphatic heterocycles. The second kappa shape index (κ2) is 6.75. The van der Waals surface area contributed by atoms with Crippen molar-refractivity contribution in [3.8, 4) is 16.9 Å². The van der Waals surface area contributed by atoms with Crippen LogP contribution < -0.4 is 9.64 Å². The van der Waals surface area contributed by atoms with E-state index in [1.807, 2.05) is 35.0 Å². The van der Waals surface area contributed by atoms with Gasteiger partial charge in [0.2, 0.25) is 0 Å². The molecule has 0 N–H and O–H groups in total. The van der Waals surface area contributed by atoms with E-state index in [2.05, 4.69) is 9.88 Å². The summed E-state index contributed by atoms with van der Waals surface area (Å²) >= 11 is 12.4. The second-order valence-corrected chi connectivity index (χ2v) is 6.67. The molecule has 4 rings (SSSR count). The highest BCUT2D eigenvalue weighted by Gasteiger charge is 2.18. The molecule has 1 aliphatic rings. The van der Waals surface area contributed by atoms with Crippen molar-refractivity contribution in [2.75, 3.05) is 38.3 Å². The van der Waals surface area contributed by atoms with Crippen LogP contribution in [0.25, 0.3) is 16.8 Å². The SMILES string of the molecule is COc1cc(-c2ccc(Cl)cc2Cl)cn2c(N3CCOCC3)cnc12. The molecule has 0 radical (unpaired) electrons. The molecule has 0 bridgehead atoms. The highest BCUT2D eigenvalue weighted by molar-refractivity contribution is 6.36. The minimum atomic E-state index is 0.599. The minimum absolute atomic E-state index is 0.599. The van der Waals surface area contributed by atoms with Gasteiger partial charge in [0.1, 0.15) is 5.82 Å². The molecule has 0 saturated carbocycles. The third kappa shape index (κ3) is 3.03. The maximum Gasteiger partial charge on any atom is 0.181 e. The zero-order chi connectivity index (χ0) is 17.4. The number of pyridine rings is 1. The molecule has 0 unspecified atom stereocenters. The van der Waals surface area contributed by atoms with Gasteiger partial charge in [0.05, 0.1) is 26.5 Å². The Morgan fingerprint density at radius 3 is 2.68 bits per heavy atom. The topological polar surface area (TPSA) is 39.0 Å². The number of hydrogen-bond acceptors (Lipinski definition) is 4. The number of imidazole rings is 1. The van der Waals surface area contributed by atoms with Gasteiger partial charge in [0, 0.05) is 40.5 Å². The zero-order valence-corrected chi connectivity index (χ0v) is 15.2. The number of methoxy groups -OCH3 is 1. The molecule has 0 atom stereocenters. The van der Waals surface area contributed by atoms with Gasteiger partial charge in [0.15, 0.2) is 11.4 Å². The van der Waals surface area contributed by atoms with Gasteiger partial charge in [0.25, 0.3) is 0 Å². The molecule has 7 heteroatoms. The maximum absolute atomic E-state index is 6.40. The van der Waals surface area contributed by atoms with Gasteiger partial charge in [-0.05, 0) is 18.2 Å². The lowest BCUT2D eigenvalue weighted by atomic mass is 10.1. The number of halogens is 2. The third-order valence-electron chi connectivity index (χ3n) is 4.35. The standard InChI is InChI=1S/C18H17Cl2N3O2/c1-24-16-8-12(14-3-2-13(19)9-15(14)20)11-23-17(10-21-18(16)23)22-4-6-25-7-5-22/h2-3,8-11H,4-7H2,1H3. The third-order valence-corrected chi connectivity index (χ3v) is 4.90.